The zero-order valence-electron chi connectivity index (χ0n) is 15.7. The fourth-order valence-corrected chi connectivity index (χ4v) is 4.31. The number of fused-ring (bicyclic) bond motifs is 1. The molecule has 0 aliphatic carbocycles. The quantitative estimate of drug-likeness (QED) is 0.821. The summed E-state index contributed by atoms with van der Waals surface area (Å²) in [4.78, 5) is 2.20. The zero-order chi connectivity index (χ0) is 18.8. The van der Waals surface area contributed by atoms with E-state index in [1.54, 1.807) is 0 Å². The summed E-state index contributed by atoms with van der Waals surface area (Å²) in [5, 5.41) is 8.93. The molecule has 1 saturated heterocycles. The van der Waals surface area contributed by atoms with E-state index in [4.69, 9.17) is 4.74 Å². The van der Waals surface area contributed by atoms with Gasteiger partial charge in [0.25, 0.3) is 0 Å². The van der Waals surface area contributed by atoms with Gasteiger partial charge in [0, 0.05) is 50.8 Å². The van der Waals surface area contributed by atoms with E-state index in [1.807, 2.05) is 7.05 Å². The number of nitrogens with zero attached hydrogens (tertiary/aromatic N) is 4. The predicted molar refractivity (Wildman–Crippen MR) is 97.4 cm³/mol. The standard InChI is InChI=1S/C20H26F2N4O/c1-25(13-14-10-16(21)12-17(22)11-14)18-2-3-19-23-24-20(26(19)7-4-18)15-5-8-27-9-6-15/h10-12,15,18H,2-9,13H2,1H3. The van der Waals surface area contributed by atoms with Gasteiger partial charge in [-0.25, -0.2) is 8.78 Å². The molecule has 2 aliphatic rings. The summed E-state index contributed by atoms with van der Waals surface area (Å²) in [7, 11) is 2.03. The molecule has 0 bridgehead atoms. The highest BCUT2D eigenvalue weighted by atomic mass is 19.1. The van der Waals surface area contributed by atoms with Gasteiger partial charge < -0.3 is 9.30 Å². The summed E-state index contributed by atoms with van der Waals surface area (Å²) in [6.45, 7) is 3.01. The average molecular weight is 376 g/mol. The van der Waals surface area contributed by atoms with Crippen LogP contribution in [0.15, 0.2) is 18.2 Å². The number of hydrogen-bond acceptors (Lipinski definition) is 4. The van der Waals surface area contributed by atoms with E-state index in [-0.39, 0.29) is 0 Å². The van der Waals surface area contributed by atoms with Crippen LogP contribution in [0.2, 0.25) is 0 Å². The van der Waals surface area contributed by atoms with Gasteiger partial charge in [0.15, 0.2) is 0 Å². The first-order valence-corrected chi connectivity index (χ1v) is 9.75. The molecule has 0 amide bonds. The predicted octanol–water partition coefficient (Wildman–Crippen LogP) is 3.29. The summed E-state index contributed by atoms with van der Waals surface area (Å²) in [5.74, 6) is 1.55. The summed E-state index contributed by atoms with van der Waals surface area (Å²) in [5.41, 5.74) is 0.668. The van der Waals surface area contributed by atoms with Gasteiger partial charge in [0.05, 0.1) is 0 Å². The van der Waals surface area contributed by atoms with Gasteiger partial charge in [-0.15, -0.1) is 10.2 Å². The van der Waals surface area contributed by atoms with Gasteiger partial charge in [0.1, 0.15) is 23.3 Å². The van der Waals surface area contributed by atoms with Crippen molar-refractivity contribution in [2.45, 2.75) is 57.2 Å². The topological polar surface area (TPSA) is 43.2 Å². The minimum atomic E-state index is -0.522. The van der Waals surface area contributed by atoms with Crippen molar-refractivity contribution in [1.29, 1.82) is 0 Å². The van der Waals surface area contributed by atoms with Crippen LogP contribution < -0.4 is 0 Å². The summed E-state index contributed by atoms with van der Waals surface area (Å²) in [6.07, 6.45) is 4.84. The first-order chi connectivity index (χ1) is 13.1. The lowest BCUT2D eigenvalue weighted by Gasteiger charge is -2.27. The number of aromatic nitrogens is 3. The van der Waals surface area contributed by atoms with Crippen molar-refractivity contribution in [3.63, 3.8) is 0 Å². The first kappa shape index (κ1) is 18.5. The molecule has 1 fully saturated rings. The van der Waals surface area contributed by atoms with Crippen LogP contribution in [-0.2, 0) is 24.2 Å². The van der Waals surface area contributed by atoms with Crippen molar-refractivity contribution in [3.05, 3.63) is 47.0 Å². The Morgan fingerprint density at radius 3 is 2.56 bits per heavy atom. The molecule has 1 aromatic carbocycles. The van der Waals surface area contributed by atoms with Crippen molar-refractivity contribution in [2.24, 2.45) is 0 Å². The zero-order valence-corrected chi connectivity index (χ0v) is 15.7. The molecular formula is C20H26F2N4O. The molecule has 2 aromatic rings. The molecule has 7 heteroatoms. The average Bonchev–Trinajstić information content (AvgIpc) is 2.92. The van der Waals surface area contributed by atoms with Gasteiger partial charge >= 0.3 is 0 Å². The Balaban J connectivity index is 1.42. The van der Waals surface area contributed by atoms with Crippen LogP contribution in [0.25, 0.3) is 0 Å². The largest absolute Gasteiger partial charge is 0.381 e. The Hall–Kier alpha value is -1.86. The molecule has 4 rings (SSSR count). The third-order valence-electron chi connectivity index (χ3n) is 5.81. The van der Waals surface area contributed by atoms with Gasteiger partial charge in [-0.3, -0.25) is 4.90 Å². The summed E-state index contributed by atoms with van der Waals surface area (Å²) < 4.78 is 34.7. The van der Waals surface area contributed by atoms with Crippen LogP contribution in [0.4, 0.5) is 8.78 Å². The lowest BCUT2D eigenvalue weighted by Crippen LogP contribution is -2.32. The highest BCUT2D eigenvalue weighted by Gasteiger charge is 2.27. The Labute approximate surface area is 158 Å². The van der Waals surface area contributed by atoms with Crippen LogP contribution >= 0.6 is 0 Å². The second-order valence-electron chi connectivity index (χ2n) is 7.69. The number of ether oxygens (including phenoxy) is 1. The minimum Gasteiger partial charge on any atom is -0.381 e. The van der Waals surface area contributed by atoms with E-state index >= 15 is 0 Å². The normalized spacial score (nSPS) is 21.3. The number of rotatable bonds is 4. The van der Waals surface area contributed by atoms with Gasteiger partial charge in [-0.2, -0.15) is 0 Å². The van der Waals surface area contributed by atoms with Crippen LogP contribution in [0, 0.1) is 11.6 Å². The smallest absolute Gasteiger partial charge is 0.136 e. The molecule has 27 heavy (non-hydrogen) atoms. The highest BCUT2D eigenvalue weighted by Crippen LogP contribution is 2.28. The third kappa shape index (κ3) is 4.19. The molecule has 0 radical (unpaired) electrons. The van der Waals surface area contributed by atoms with Crippen LogP contribution in [0.1, 0.15) is 48.8 Å². The fraction of sp³-hybridized carbons (Fsp3) is 0.600. The number of benzene rings is 1. The monoisotopic (exact) mass is 376 g/mol. The summed E-state index contributed by atoms with van der Waals surface area (Å²) in [6, 6.07) is 4.09. The maximum Gasteiger partial charge on any atom is 0.136 e. The molecular weight excluding hydrogens is 350 g/mol. The van der Waals surface area contributed by atoms with E-state index in [9.17, 15) is 8.78 Å². The van der Waals surface area contributed by atoms with Crippen molar-refractivity contribution in [2.75, 3.05) is 20.3 Å². The van der Waals surface area contributed by atoms with Crippen molar-refractivity contribution in [3.8, 4) is 0 Å². The Kier molecular flexibility index (Phi) is 5.50. The maximum atomic E-state index is 13.5. The lowest BCUT2D eigenvalue weighted by molar-refractivity contribution is 0.0826. The molecule has 0 N–H and O–H groups in total. The van der Waals surface area contributed by atoms with E-state index < -0.39 is 11.6 Å². The van der Waals surface area contributed by atoms with Crippen LogP contribution in [-0.4, -0.2) is 46.0 Å². The fourth-order valence-electron chi connectivity index (χ4n) is 4.31. The van der Waals surface area contributed by atoms with E-state index in [0.29, 0.717) is 24.1 Å². The van der Waals surface area contributed by atoms with Crippen molar-refractivity contribution >= 4 is 0 Å². The Morgan fingerprint density at radius 2 is 1.81 bits per heavy atom. The first-order valence-electron chi connectivity index (χ1n) is 9.75. The van der Waals surface area contributed by atoms with Crippen LogP contribution in [0.3, 0.4) is 0 Å². The maximum absolute atomic E-state index is 13.5. The minimum absolute atomic E-state index is 0.348. The summed E-state index contributed by atoms with van der Waals surface area (Å²) >= 11 is 0. The van der Waals surface area contributed by atoms with Gasteiger partial charge in [-0.05, 0) is 50.4 Å². The molecule has 3 heterocycles. The Morgan fingerprint density at radius 1 is 1.07 bits per heavy atom. The molecule has 0 saturated carbocycles. The van der Waals surface area contributed by atoms with E-state index in [1.165, 1.54) is 12.1 Å². The molecule has 1 unspecified atom stereocenters. The molecule has 2 aliphatic heterocycles. The molecule has 5 nitrogen and oxygen atoms in total. The second kappa shape index (κ2) is 8.02. The molecule has 1 aromatic heterocycles. The van der Waals surface area contributed by atoms with Crippen molar-refractivity contribution in [1.82, 2.24) is 19.7 Å². The molecule has 0 spiro atoms. The number of halogens is 2. The molecule has 1 atom stereocenters. The third-order valence-corrected chi connectivity index (χ3v) is 5.81. The molecule has 146 valence electrons. The highest BCUT2D eigenvalue weighted by molar-refractivity contribution is 5.18. The Bertz CT molecular complexity index is 768. The van der Waals surface area contributed by atoms with Gasteiger partial charge in [-0.1, -0.05) is 0 Å². The number of hydrogen-bond donors (Lipinski definition) is 0. The second-order valence-corrected chi connectivity index (χ2v) is 7.69. The van der Waals surface area contributed by atoms with Crippen molar-refractivity contribution < 1.29 is 13.5 Å². The lowest BCUT2D eigenvalue weighted by atomic mass is 9.99. The van der Waals surface area contributed by atoms with E-state index in [2.05, 4.69) is 19.7 Å². The van der Waals surface area contributed by atoms with Gasteiger partial charge in [0.2, 0.25) is 0 Å². The number of aryl methyl sites for hydroxylation is 1. The van der Waals surface area contributed by atoms with Crippen LogP contribution in [0.5, 0.6) is 0 Å². The van der Waals surface area contributed by atoms with E-state index in [0.717, 1.165) is 69.6 Å². The SMILES string of the molecule is CN(Cc1cc(F)cc(F)c1)C1CCc2nnc(C3CCOCC3)n2CC1.